The number of ether oxygens (including phenoxy) is 1. The second kappa shape index (κ2) is 10.6. The van der Waals surface area contributed by atoms with E-state index in [0.29, 0.717) is 31.6 Å². The van der Waals surface area contributed by atoms with Crippen molar-refractivity contribution < 1.29 is 26.4 Å². The molecule has 32 heavy (non-hydrogen) atoms. The van der Waals surface area contributed by atoms with Crippen LogP contribution in [-0.4, -0.2) is 63.6 Å². The van der Waals surface area contributed by atoms with Gasteiger partial charge in [-0.25, -0.2) is 21.6 Å². The van der Waals surface area contributed by atoms with Crippen molar-refractivity contribution in [2.45, 2.75) is 75.7 Å². The van der Waals surface area contributed by atoms with Crippen molar-refractivity contribution >= 4 is 31.6 Å². The lowest BCUT2D eigenvalue weighted by Gasteiger charge is -2.34. The van der Waals surface area contributed by atoms with Gasteiger partial charge in [-0.05, 0) is 71.7 Å². The van der Waals surface area contributed by atoms with Gasteiger partial charge in [0.2, 0.25) is 26.0 Å². The fourth-order valence-corrected chi connectivity index (χ4v) is 5.68. The van der Waals surface area contributed by atoms with E-state index in [-0.39, 0.29) is 36.0 Å². The van der Waals surface area contributed by atoms with E-state index in [9.17, 15) is 21.6 Å². The first-order valence-corrected chi connectivity index (χ1v) is 13.7. The predicted octanol–water partition coefficient (Wildman–Crippen LogP) is 2.31. The zero-order valence-corrected chi connectivity index (χ0v) is 21.1. The van der Waals surface area contributed by atoms with Crippen molar-refractivity contribution in [3.8, 4) is 0 Å². The van der Waals surface area contributed by atoms with Gasteiger partial charge >= 0.3 is 0 Å². The van der Waals surface area contributed by atoms with Crippen molar-refractivity contribution in [3.63, 3.8) is 0 Å². The normalized spacial score (nSPS) is 20.8. The second-order valence-corrected chi connectivity index (χ2v) is 13.6. The number of hydrogen-bond acceptors (Lipinski definition) is 6. The molecule has 9 nitrogen and oxygen atoms in total. The maximum atomic E-state index is 12.9. The molecule has 1 aromatic rings. The van der Waals surface area contributed by atoms with Crippen LogP contribution in [0.2, 0.25) is 0 Å². The molecule has 2 N–H and O–H groups in total. The molecule has 11 heteroatoms. The van der Waals surface area contributed by atoms with E-state index in [1.165, 1.54) is 16.4 Å². The predicted molar refractivity (Wildman–Crippen MR) is 124 cm³/mol. The molecular formula is C21H35N3O6S2. The van der Waals surface area contributed by atoms with Gasteiger partial charge in [-0.15, -0.1) is 0 Å². The van der Waals surface area contributed by atoms with E-state index >= 15 is 0 Å². The average Bonchev–Trinajstić information content (AvgIpc) is 2.66. The molecule has 0 aliphatic carbocycles. The minimum absolute atomic E-state index is 0.169. The van der Waals surface area contributed by atoms with E-state index in [1.807, 2.05) is 13.8 Å². The number of nitrogens with one attached hydrogen (secondary N) is 2. The summed E-state index contributed by atoms with van der Waals surface area (Å²) in [6, 6.07) is 6.10. The molecule has 1 saturated heterocycles. The largest absolute Gasteiger partial charge is 0.373 e. The summed E-state index contributed by atoms with van der Waals surface area (Å²) < 4.78 is 58.4. The summed E-state index contributed by atoms with van der Waals surface area (Å²) in [5, 5.41) is 2.74. The number of rotatable bonds is 9. The average molecular weight is 490 g/mol. The molecule has 1 heterocycles. The Bertz CT molecular complexity index is 975. The molecule has 0 unspecified atom stereocenters. The van der Waals surface area contributed by atoms with Gasteiger partial charge in [0, 0.05) is 31.7 Å². The van der Waals surface area contributed by atoms with Crippen LogP contribution in [0.4, 0.5) is 5.69 Å². The van der Waals surface area contributed by atoms with Crippen LogP contribution in [0.3, 0.4) is 0 Å². The van der Waals surface area contributed by atoms with Crippen molar-refractivity contribution in [1.82, 2.24) is 9.03 Å². The highest BCUT2D eigenvalue weighted by molar-refractivity contribution is 7.90. The summed E-state index contributed by atoms with van der Waals surface area (Å²) >= 11 is 0. The molecule has 0 aromatic heterocycles. The van der Waals surface area contributed by atoms with Crippen LogP contribution in [0.15, 0.2) is 29.2 Å². The van der Waals surface area contributed by atoms with Crippen molar-refractivity contribution in [2.24, 2.45) is 0 Å². The molecule has 0 spiro atoms. The minimum Gasteiger partial charge on any atom is -0.373 e. The number of hydrogen-bond donors (Lipinski definition) is 2. The summed E-state index contributed by atoms with van der Waals surface area (Å²) in [6.45, 7) is 9.45. The fourth-order valence-electron chi connectivity index (χ4n) is 3.24. The van der Waals surface area contributed by atoms with Gasteiger partial charge in [0.05, 0.1) is 21.9 Å². The van der Waals surface area contributed by atoms with Crippen LogP contribution >= 0.6 is 0 Å². The van der Waals surface area contributed by atoms with Gasteiger partial charge in [0.25, 0.3) is 0 Å². The lowest BCUT2D eigenvalue weighted by Crippen LogP contribution is -2.48. The number of unbranched alkanes of at least 4 members (excludes halogenated alkanes) is 1. The third kappa shape index (κ3) is 7.24. The Balaban J connectivity index is 1.83. The quantitative estimate of drug-likeness (QED) is 0.514. The molecule has 1 aliphatic rings. The van der Waals surface area contributed by atoms with Crippen molar-refractivity contribution in [2.75, 3.05) is 25.0 Å². The van der Waals surface area contributed by atoms with E-state index in [1.54, 1.807) is 32.9 Å². The Morgan fingerprint density at radius 3 is 2.12 bits per heavy atom. The third-order valence-corrected chi connectivity index (χ3v) is 9.13. The summed E-state index contributed by atoms with van der Waals surface area (Å²) in [5.41, 5.74) is 0.506. The highest BCUT2D eigenvalue weighted by Crippen LogP contribution is 2.22. The van der Waals surface area contributed by atoms with Crippen molar-refractivity contribution in [1.29, 1.82) is 0 Å². The highest BCUT2D eigenvalue weighted by atomic mass is 32.2. The molecule has 0 radical (unpaired) electrons. The van der Waals surface area contributed by atoms with Crippen LogP contribution in [0.25, 0.3) is 0 Å². The summed E-state index contributed by atoms with van der Waals surface area (Å²) in [5.74, 6) is -0.213. The van der Waals surface area contributed by atoms with Crippen LogP contribution in [0.5, 0.6) is 0 Å². The molecule has 182 valence electrons. The summed E-state index contributed by atoms with van der Waals surface area (Å²) in [6.07, 6.45) is 0.960. The van der Waals surface area contributed by atoms with E-state index in [0.717, 1.165) is 0 Å². The van der Waals surface area contributed by atoms with Gasteiger partial charge in [-0.3, -0.25) is 4.79 Å². The maximum absolute atomic E-state index is 12.9. The first kappa shape index (κ1) is 26.7. The number of sulfonamides is 2. The molecule has 2 rings (SSSR count). The van der Waals surface area contributed by atoms with Gasteiger partial charge in [0.15, 0.2) is 0 Å². The number of nitrogens with zero attached hydrogens (tertiary/aromatic N) is 1. The van der Waals surface area contributed by atoms with Crippen molar-refractivity contribution in [3.05, 3.63) is 24.3 Å². The molecule has 2 atom stereocenters. The van der Waals surface area contributed by atoms with E-state index < -0.39 is 24.8 Å². The summed E-state index contributed by atoms with van der Waals surface area (Å²) in [4.78, 5) is 12.3. The molecule has 0 saturated carbocycles. The van der Waals surface area contributed by atoms with Crippen LogP contribution < -0.4 is 10.0 Å². The Morgan fingerprint density at radius 2 is 1.59 bits per heavy atom. The topological polar surface area (TPSA) is 122 Å². The number of carbonyl (C=O) groups is 1. The van der Waals surface area contributed by atoms with Gasteiger partial charge in [-0.2, -0.15) is 4.31 Å². The monoisotopic (exact) mass is 489 g/mol. The van der Waals surface area contributed by atoms with E-state index in [2.05, 4.69) is 10.0 Å². The Kier molecular flexibility index (Phi) is 8.85. The van der Waals surface area contributed by atoms with E-state index in [4.69, 9.17) is 4.74 Å². The first-order chi connectivity index (χ1) is 14.7. The molecule has 1 amide bonds. The minimum atomic E-state index is -3.63. The van der Waals surface area contributed by atoms with Crippen LogP contribution in [0.1, 0.15) is 53.9 Å². The number of amides is 1. The zero-order valence-electron chi connectivity index (χ0n) is 19.4. The second-order valence-electron chi connectivity index (χ2n) is 9.12. The number of morpholine rings is 1. The lowest BCUT2D eigenvalue weighted by atomic mass is 10.2. The maximum Gasteiger partial charge on any atom is 0.243 e. The summed E-state index contributed by atoms with van der Waals surface area (Å²) in [7, 11) is -7.02. The SMILES string of the molecule is C[C@@H]1CN(S(=O)(=O)c2ccc(NC(=O)CCCCNS(=O)(=O)C(C)(C)C)cc2)C[C@H](C)O1. The van der Waals surface area contributed by atoms with Gasteiger partial charge in [-0.1, -0.05) is 0 Å². The third-order valence-electron chi connectivity index (χ3n) is 5.09. The smallest absolute Gasteiger partial charge is 0.243 e. The van der Waals surface area contributed by atoms with Crippen LogP contribution in [0, 0.1) is 0 Å². The molecular weight excluding hydrogens is 454 g/mol. The Labute approximate surface area is 192 Å². The number of carbonyl (C=O) groups excluding carboxylic acids is 1. The first-order valence-electron chi connectivity index (χ1n) is 10.8. The Hall–Kier alpha value is -1.53. The lowest BCUT2D eigenvalue weighted by molar-refractivity contribution is -0.116. The zero-order chi connectivity index (χ0) is 24.2. The standard InChI is InChI=1S/C21H35N3O6S2/c1-16-14-24(15-17(2)30-16)31(26,27)19-11-9-18(10-12-19)23-20(25)8-6-7-13-22-32(28,29)21(3,4)5/h9-12,16-17,22H,6-8,13-15H2,1-5H3,(H,23,25)/t16-,17+. The highest BCUT2D eigenvalue weighted by Gasteiger charge is 2.32. The molecule has 1 aromatic carbocycles. The van der Waals surface area contributed by atoms with Gasteiger partial charge < -0.3 is 10.1 Å². The van der Waals surface area contributed by atoms with Crippen LogP contribution in [-0.2, 0) is 29.6 Å². The number of benzene rings is 1. The molecule has 1 fully saturated rings. The molecule has 1 aliphatic heterocycles. The number of anilines is 1. The molecule has 0 bridgehead atoms. The van der Waals surface area contributed by atoms with Gasteiger partial charge in [0.1, 0.15) is 0 Å². The Morgan fingerprint density at radius 1 is 1.03 bits per heavy atom. The fraction of sp³-hybridized carbons (Fsp3) is 0.667.